The van der Waals surface area contributed by atoms with Gasteiger partial charge in [-0.3, -0.25) is 10.1 Å². The molecule has 0 spiro atoms. The molecular weight excluding hydrogens is 378 g/mol. The first kappa shape index (κ1) is 22.2. The monoisotopic (exact) mass is 399 g/mol. The molecule has 0 unspecified atom stereocenters. The Morgan fingerprint density at radius 3 is 2.15 bits per heavy atom. The Labute approximate surface area is 159 Å². The number of hydrogen-bond donors (Lipinski definition) is 4. The molecule has 0 aliphatic rings. The molecule has 1 amide bonds. The summed E-state index contributed by atoms with van der Waals surface area (Å²) < 4.78 is 15.8. The van der Waals surface area contributed by atoms with E-state index < -0.39 is 11.9 Å². The van der Waals surface area contributed by atoms with E-state index in [1.807, 2.05) is 0 Å². The van der Waals surface area contributed by atoms with E-state index >= 15 is 0 Å². The summed E-state index contributed by atoms with van der Waals surface area (Å²) in [5, 5.41) is 20.4. The number of ether oxygens (including phenoxy) is 3. The van der Waals surface area contributed by atoms with Crippen LogP contribution in [0.3, 0.4) is 0 Å². The minimum atomic E-state index is -1.57. The minimum absolute atomic E-state index is 0.0972. The zero-order valence-electron chi connectivity index (χ0n) is 15.0. The van der Waals surface area contributed by atoms with Gasteiger partial charge in [-0.1, -0.05) is 0 Å². The quantitative estimate of drug-likeness (QED) is 0.516. The smallest absolute Gasteiger partial charge is 0.394 e. The fraction of sp³-hybridized carbons (Fsp3) is 0.312. The van der Waals surface area contributed by atoms with Crippen molar-refractivity contribution in [1.82, 2.24) is 4.98 Å². The Kier molecular flexibility index (Phi) is 8.99. The molecule has 0 aliphatic carbocycles. The van der Waals surface area contributed by atoms with E-state index in [1.165, 1.54) is 21.3 Å². The van der Waals surface area contributed by atoms with Crippen LogP contribution in [0.4, 0.5) is 5.13 Å². The van der Waals surface area contributed by atoms with E-state index in [9.17, 15) is 9.59 Å². The number of carbonyl (C=O) groups excluding carboxylic acids is 1. The molecule has 0 saturated heterocycles. The fourth-order valence-electron chi connectivity index (χ4n) is 1.84. The predicted molar refractivity (Wildman–Crippen MR) is 99.6 cm³/mol. The molecule has 11 heteroatoms. The van der Waals surface area contributed by atoms with Crippen LogP contribution in [-0.4, -0.2) is 61.6 Å². The van der Waals surface area contributed by atoms with Crippen LogP contribution in [0.2, 0.25) is 0 Å². The zero-order valence-corrected chi connectivity index (χ0v) is 15.8. The van der Waals surface area contributed by atoms with Crippen LogP contribution in [0.25, 0.3) is 11.3 Å². The van der Waals surface area contributed by atoms with Crippen molar-refractivity contribution in [3.05, 3.63) is 17.5 Å². The van der Waals surface area contributed by atoms with Crippen molar-refractivity contribution in [1.29, 1.82) is 0 Å². The number of aliphatic hydroxyl groups is 1. The lowest BCUT2D eigenvalue weighted by Gasteiger charge is -2.13. The fourth-order valence-corrected chi connectivity index (χ4v) is 2.56. The first-order valence-corrected chi connectivity index (χ1v) is 8.40. The van der Waals surface area contributed by atoms with E-state index in [-0.39, 0.29) is 11.7 Å². The Bertz CT molecular complexity index is 752. The highest BCUT2D eigenvalue weighted by Crippen LogP contribution is 2.41. The molecular formula is C16H21N3O7S. The third-order valence-electron chi connectivity index (χ3n) is 3.01. The van der Waals surface area contributed by atoms with Crippen molar-refractivity contribution in [3.63, 3.8) is 0 Å². The van der Waals surface area contributed by atoms with Gasteiger partial charge in [-0.25, -0.2) is 9.78 Å². The summed E-state index contributed by atoms with van der Waals surface area (Å²) in [4.78, 5) is 25.9. The predicted octanol–water partition coefficient (Wildman–Crippen LogP) is 0.796. The van der Waals surface area contributed by atoms with Gasteiger partial charge in [0.25, 0.3) is 0 Å². The van der Waals surface area contributed by atoms with Gasteiger partial charge < -0.3 is 30.2 Å². The Morgan fingerprint density at radius 1 is 1.19 bits per heavy atom. The molecule has 1 aromatic heterocycles. The number of aliphatic hydroxyl groups excluding tert-OH is 1. The molecule has 1 aromatic carbocycles. The summed E-state index contributed by atoms with van der Waals surface area (Å²) in [5.74, 6) is -1.34. The van der Waals surface area contributed by atoms with Crippen LogP contribution in [0.15, 0.2) is 17.5 Å². The van der Waals surface area contributed by atoms with Crippen molar-refractivity contribution in [2.24, 2.45) is 5.73 Å². The Morgan fingerprint density at radius 2 is 1.74 bits per heavy atom. The van der Waals surface area contributed by atoms with Gasteiger partial charge in [0.05, 0.1) is 33.6 Å². The molecule has 2 rings (SSSR count). The van der Waals surface area contributed by atoms with Crippen molar-refractivity contribution in [2.45, 2.75) is 0 Å². The molecule has 5 N–H and O–H groups in total. The number of methoxy groups -OCH3 is 3. The summed E-state index contributed by atoms with van der Waals surface area (Å²) in [6.45, 7) is 0.472. The van der Waals surface area contributed by atoms with E-state index in [2.05, 4.69) is 10.3 Å². The molecule has 0 fully saturated rings. The maximum Gasteiger partial charge on any atom is 0.394 e. The van der Waals surface area contributed by atoms with Crippen LogP contribution in [0, 0.1) is 0 Å². The van der Waals surface area contributed by atoms with Crippen molar-refractivity contribution >= 4 is 28.3 Å². The summed E-state index contributed by atoms with van der Waals surface area (Å²) in [6.07, 6.45) is 0. The second-order valence-electron chi connectivity index (χ2n) is 4.72. The van der Waals surface area contributed by atoms with Crippen LogP contribution in [0.1, 0.15) is 0 Å². The van der Waals surface area contributed by atoms with Crippen LogP contribution >= 0.6 is 11.3 Å². The highest BCUT2D eigenvalue weighted by Gasteiger charge is 2.17. The number of amides is 1. The number of rotatable bonds is 6. The van der Waals surface area contributed by atoms with Gasteiger partial charge in [0.1, 0.15) is 0 Å². The molecule has 0 bridgehead atoms. The van der Waals surface area contributed by atoms with Gasteiger partial charge in [-0.2, -0.15) is 0 Å². The zero-order chi connectivity index (χ0) is 20.4. The summed E-state index contributed by atoms with van der Waals surface area (Å²) >= 11 is 1.11. The topological polar surface area (TPSA) is 153 Å². The number of aromatic nitrogens is 1. The second kappa shape index (κ2) is 11.0. The molecule has 0 saturated carbocycles. The number of nitrogens with one attached hydrogen (secondary N) is 1. The highest BCUT2D eigenvalue weighted by atomic mass is 32.1. The lowest BCUT2D eigenvalue weighted by atomic mass is 10.1. The van der Waals surface area contributed by atoms with Gasteiger partial charge in [-0.15, -0.1) is 11.3 Å². The van der Waals surface area contributed by atoms with Crippen molar-refractivity contribution in [2.75, 3.05) is 39.8 Å². The van der Waals surface area contributed by atoms with Gasteiger partial charge in [0.15, 0.2) is 16.6 Å². The lowest BCUT2D eigenvalue weighted by molar-refractivity contribution is -0.147. The van der Waals surface area contributed by atoms with Crippen LogP contribution in [-0.2, 0) is 9.59 Å². The molecule has 0 radical (unpaired) electrons. The third-order valence-corrected chi connectivity index (χ3v) is 3.77. The number of aliphatic carboxylic acids is 1. The average molecular weight is 399 g/mol. The standard InChI is InChI=1S/C14H14N2O6S.C2H7NO/c1-20-9-4-7(5-10(21-2)11(9)22-3)8-6-23-14(15-8)16-12(17)13(18)19;3-1-2-4/h4-6H,1-3H3,(H,18,19)(H,15,16,17);4H,1-3H2. The number of nitrogens with two attached hydrogens (primary N) is 1. The number of thiazole rings is 1. The number of anilines is 1. The van der Waals surface area contributed by atoms with Crippen molar-refractivity contribution in [3.8, 4) is 28.5 Å². The van der Waals surface area contributed by atoms with Gasteiger partial charge in [0.2, 0.25) is 5.75 Å². The summed E-state index contributed by atoms with van der Waals surface area (Å²) in [5.41, 5.74) is 5.99. The van der Waals surface area contributed by atoms with Gasteiger partial charge >= 0.3 is 11.9 Å². The Balaban J connectivity index is 0.000000828. The second-order valence-corrected chi connectivity index (χ2v) is 5.58. The van der Waals surface area contributed by atoms with Crippen molar-refractivity contribution < 1.29 is 34.0 Å². The molecule has 1 heterocycles. The van der Waals surface area contributed by atoms with Crippen LogP contribution in [0.5, 0.6) is 17.2 Å². The SMILES string of the molecule is COc1cc(-c2csc(NC(=O)C(=O)O)n2)cc(OC)c1OC.NCCO. The molecule has 10 nitrogen and oxygen atoms in total. The molecule has 148 valence electrons. The van der Waals surface area contributed by atoms with E-state index in [0.717, 1.165) is 11.3 Å². The van der Waals surface area contributed by atoms with Crippen LogP contribution < -0.4 is 25.3 Å². The maximum atomic E-state index is 11.1. The number of hydrogen-bond acceptors (Lipinski definition) is 9. The number of benzene rings is 1. The average Bonchev–Trinajstić information content (AvgIpc) is 3.15. The maximum absolute atomic E-state index is 11.1. The highest BCUT2D eigenvalue weighted by molar-refractivity contribution is 7.14. The normalized spacial score (nSPS) is 9.67. The first-order valence-electron chi connectivity index (χ1n) is 7.52. The van der Waals surface area contributed by atoms with E-state index in [0.29, 0.717) is 35.1 Å². The largest absolute Gasteiger partial charge is 0.493 e. The number of carbonyl (C=O) groups is 2. The molecule has 27 heavy (non-hydrogen) atoms. The van der Waals surface area contributed by atoms with E-state index in [4.69, 9.17) is 30.2 Å². The number of carboxylic acid groups (broad SMARTS) is 1. The third kappa shape index (κ3) is 6.09. The van der Waals surface area contributed by atoms with Gasteiger partial charge in [-0.05, 0) is 12.1 Å². The van der Waals surface area contributed by atoms with Gasteiger partial charge in [0, 0.05) is 17.5 Å². The summed E-state index contributed by atoms with van der Waals surface area (Å²) in [6, 6.07) is 3.42. The molecule has 0 atom stereocenters. The lowest BCUT2D eigenvalue weighted by Crippen LogP contribution is -2.21. The Hall–Kier alpha value is -2.89. The molecule has 2 aromatic rings. The number of nitrogens with zero attached hydrogens (tertiary/aromatic N) is 1. The molecule has 0 aliphatic heterocycles. The minimum Gasteiger partial charge on any atom is -0.493 e. The summed E-state index contributed by atoms with van der Waals surface area (Å²) in [7, 11) is 4.50. The number of carboxylic acids is 1. The first-order chi connectivity index (χ1) is 12.9. The van der Waals surface area contributed by atoms with E-state index in [1.54, 1.807) is 17.5 Å².